The Morgan fingerprint density at radius 2 is 2.10 bits per heavy atom. The van der Waals surface area contributed by atoms with Crippen molar-refractivity contribution in [2.75, 3.05) is 19.7 Å². The summed E-state index contributed by atoms with van der Waals surface area (Å²) in [6, 6.07) is 1.47. The van der Waals surface area contributed by atoms with Crippen molar-refractivity contribution in [3.05, 3.63) is 28.2 Å². The fraction of sp³-hybridized carbons (Fsp3) is 0.500. The SMILES string of the molecule is O=S(=O)(c1c(F)cc(F)cc1Br)N1CCCC(CO)C1. The zero-order valence-corrected chi connectivity index (χ0v) is 12.9. The fourth-order valence-corrected chi connectivity index (χ4v) is 4.97. The van der Waals surface area contributed by atoms with Crippen LogP contribution in [-0.2, 0) is 10.0 Å². The Bertz CT molecular complexity index is 586. The molecule has 0 spiro atoms. The molecular weight excluding hydrogens is 356 g/mol. The third-order valence-corrected chi connectivity index (χ3v) is 6.13. The summed E-state index contributed by atoms with van der Waals surface area (Å²) in [5.74, 6) is -2.12. The van der Waals surface area contributed by atoms with Gasteiger partial charge in [0.2, 0.25) is 10.0 Å². The van der Waals surface area contributed by atoms with Gasteiger partial charge < -0.3 is 5.11 Å². The molecule has 0 bridgehead atoms. The molecule has 1 aromatic rings. The number of aliphatic hydroxyl groups is 1. The summed E-state index contributed by atoms with van der Waals surface area (Å²) in [7, 11) is -4.05. The van der Waals surface area contributed by atoms with Crippen LogP contribution >= 0.6 is 15.9 Å². The molecule has 1 fully saturated rings. The summed E-state index contributed by atoms with van der Waals surface area (Å²) in [4.78, 5) is -0.558. The standard InChI is InChI=1S/C12H14BrF2NO3S/c13-10-4-9(14)5-11(15)12(10)20(18,19)16-3-1-2-8(6-16)7-17/h4-5,8,17H,1-3,6-7H2. The Labute approximate surface area is 124 Å². The number of nitrogens with zero attached hydrogens (tertiary/aromatic N) is 1. The number of hydrogen-bond acceptors (Lipinski definition) is 3. The molecule has 1 heterocycles. The van der Waals surface area contributed by atoms with Crippen molar-refractivity contribution in [1.29, 1.82) is 0 Å². The smallest absolute Gasteiger partial charge is 0.247 e. The Morgan fingerprint density at radius 3 is 2.70 bits per heavy atom. The molecule has 112 valence electrons. The highest BCUT2D eigenvalue weighted by Crippen LogP contribution is 2.31. The van der Waals surface area contributed by atoms with Crippen molar-refractivity contribution in [3.63, 3.8) is 0 Å². The van der Waals surface area contributed by atoms with Gasteiger partial charge in [0, 0.05) is 30.2 Å². The average Bonchev–Trinajstić information content (AvgIpc) is 2.37. The minimum Gasteiger partial charge on any atom is -0.396 e. The lowest BCUT2D eigenvalue weighted by molar-refractivity contribution is 0.165. The minimum absolute atomic E-state index is 0.112. The molecule has 1 saturated heterocycles. The first-order chi connectivity index (χ1) is 9.36. The van der Waals surface area contributed by atoms with Crippen LogP contribution in [0.3, 0.4) is 0 Å². The van der Waals surface area contributed by atoms with Gasteiger partial charge in [-0.25, -0.2) is 17.2 Å². The van der Waals surface area contributed by atoms with Crippen LogP contribution in [0.25, 0.3) is 0 Å². The van der Waals surface area contributed by atoms with Crippen LogP contribution in [0.5, 0.6) is 0 Å². The van der Waals surface area contributed by atoms with E-state index in [0.717, 1.165) is 16.8 Å². The van der Waals surface area contributed by atoms with E-state index < -0.39 is 26.6 Å². The molecule has 0 radical (unpaired) electrons. The number of benzene rings is 1. The van der Waals surface area contributed by atoms with Crippen molar-refractivity contribution < 1.29 is 22.3 Å². The summed E-state index contributed by atoms with van der Waals surface area (Å²) in [6.45, 7) is 0.295. The van der Waals surface area contributed by atoms with Gasteiger partial charge in [-0.15, -0.1) is 0 Å². The molecule has 1 N–H and O–H groups in total. The van der Waals surface area contributed by atoms with Crippen LogP contribution in [0.1, 0.15) is 12.8 Å². The molecule has 1 aromatic carbocycles. The van der Waals surface area contributed by atoms with E-state index in [1.54, 1.807) is 0 Å². The van der Waals surface area contributed by atoms with Gasteiger partial charge in [0.05, 0.1) is 0 Å². The number of piperidine rings is 1. The number of aliphatic hydroxyl groups excluding tert-OH is 1. The molecule has 0 aliphatic carbocycles. The molecule has 2 rings (SSSR count). The highest BCUT2D eigenvalue weighted by Gasteiger charge is 2.33. The third-order valence-electron chi connectivity index (χ3n) is 3.30. The maximum absolute atomic E-state index is 13.8. The van der Waals surface area contributed by atoms with Gasteiger partial charge in [-0.1, -0.05) is 0 Å². The molecule has 20 heavy (non-hydrogen) atoms. The molecule has 1 unspecified atom stereocenters. The molecular formula is C12H14BrF2NO3S. The van der Waals surface area contributed by atoms with Crippen LogP contribution in [0.2, 0.25) is 0 Å². The second-order valence-electron chi connectivity index (χ2n) is 4.75. The first-order valence-electron chi connectivity index (χ1n) is 6.12. The Balaban J connectivity index is 2.40. The van der Waals surface area contributed by atoms with E-state index >= 15 is 0 Å². The third kappa shape index (κ3) is 3.03. The normalized spacial score (nSPS) is 21.1. The number of halogens is 3. The molecule has 1 atom stereocenters. The van der Waals surface area contributed by atoms with Gasteiger partial charge >= 0.3 is 0 Å². The second kappa shape index (κ2) is 6.05. The summed E-state index contributed by atoms with van der Waals surface area (Å²) < 4.78 is 52.8. The largest absolute Gasteiger partial charge is 0.396 e. The first-order valence-corrected chi connectivity index (χ1v) is 8.35. The highest BCUT2D eigenvalue weighted by molar-refractivity contribution is 9.10. The Kier molecular flexibility index (Phi) is 4.78. The van der Waals surface area contributed by atoms with E-state index in [4.69, 9.17) is 5.11 Å². The van der Waals surface area contributed by atoms with Crippen LogP contribution in [0, 0.1) is 17.6 Å². The zero-order valence-electron chi connectivity index (χ0n) is 10.5. The van der Waals surface area contributed by atoms with Crippen molar-refractivity contribution >= 4 is 26.0 Å². The number of rotatable bonds is 3. The number of hydrogen-bond donors (Lipinski definition) is 1. The van der Waals surface area contributed by atoms with Gasteiger partial charge in [-0.2, -0.15) is 4.31 Å². The van der Waals surface area contributed by atoms with Crippen molar-refractivity contribution in [1.82, 2.24) is 4.31 Å². The van der Waals surface area contributed by atoms with Gasteiger partial charge in [0.15, 0.2) is 0 Å². The highest BCUT2D eigenvalue weighted by atomic mass is 79.9. The van der Waals surface area contributed by atoms with Gasteiger partial charge in [-0.05, 0) is 40.8 Å². The first kappa shape index (κ1) is 15.8. The lowest BCUT2D eigenvalue weighted by Crippen LogP contribution is -2.41. The van der Waals surface area contributed by atoms with E-state index in [1.165, 1.54) is 0 Å². The molecule has 4 nitrogen and oxygen atoms in total. The maximum atomic E-state index is 13.8. The predicted octanol–water partition coefficient (Wildman–Crippen LogP) is 2.12. The zero-order chi connectivity index (χ0) is 14.9. The van der Waals surface area contributed by atoms with Gasteiger partial charge in [0.25, 0.3) is 0 Å². The number of sulfonamides is 1. The molecule has 0 saturated carbocycles. The van der Waals surface area contributed by atoms with Gasteiger partial charge in [-0.3, -0.25) is 0 Å². The van der Waals surface area contributed by atoms with Crippen LogP contribution in [0.15, 0.2) is 21.5 Å². The van der Waals surface area contributed by atoms with Crippen molar-refractivity contribution in [2.24, 2.45) is 5.92 Å². The molecule has 0 amide bonds. The minimum atomic E-state index is -4.05. The summed E-state index contributed by atoms with van der Waals surface area (Å²) in [5.41, 5.74) is 0. The van der Waals surface area contributed by atoms with E-state index in [2.05, 4.69) is 15.9 Å². The van der Waals surface area contributed by atoms with E-state index in [1.807, 2.05) is 0 Å². The second-order valence-corrected chi connectivity index (χ2v) is 7.48. The van der Waals surface area contributed by atoms with E-state index in [-0.39, 0.29) is 30.1 Å². The quantitative estimate of drug-likeness (QED) is 0.887. The fourth-order valence-electron chi connectivity index (χ4n) is 2.30. The van der Waals surface area contributed by atoms with Crippen molar-refractivity contribution in [3.8, 4) is 0 Å². The molecule has 8 heteroatoms. The lowest BCUT2D eigenvalue weighted by atomic mass is 10.0. The van der Waals surface area contributed by atoms with E-state index in [9.17, 15) is 17.2 Å². The summed E-state index contributed by atoms with van der Waals surface area (Å²) >= 11 is 2.90. The Morgan fingerprint density at radius 1 is 1.40 bits per heavy atom. The van der Waals surface area contributed by atoms with E-state index in [0.29, 0.717) is 12.5 Å². The lowest BCUT2D eigenvalue weighted by Gasteiger charge is -2.31. The van der Waals surface area contributed by atoms with Gasteiger partial charge in [0.1, 0.15) is 16.5 Å². The summed E-state index contributed by atoms with van der Waals surface area (Å²) in [6.07, 6.45) is 1.33. The average molecular weight is 370 g/mol. The predicted molar refractivity (Wildman–Crippen MR) is 72.6 cm³/mol. The summed E-state index contributed by atoms with van der Waals surface area (Å²) in [5, 5.41) is 9.14. The van der Waals surface area contributed by atoms with Crippen LogP contribution < -0.4 is 0 Å². The Hall–Kier alpha value is -0.570. The topological polar surface area (TPSA) is 57.6 Å². The van der Waals surface area contributed by atoms with Crippen LogP contribution in [-0.4, -0.2) is 37.5 Å². The van der Waals surface area contributed by atoms with Crippen LogP contribution in [0.4, 0.5) is 8.78 Å². The molecule has 1 aliphatic rings. The van der Waals surface area contributed by atoms with Crippen molar-refractivity contribution in [2.45, 2.75) is 17.7 Å². The maximum Gasteiger partial charge on any atom is 0.247 e. The molecule has 0 aromatic heterocycles. The molecule has 1 aliphatic heterocycles. The monoisotopic (exact) mass is 369 g/mol.